The summed E-state index contributed by atoms with van der Waals surface area (Å²) in [6.45, 7) is 5.45. The average molecular weight is 392 g/mol. The molecule has 0 N–H and O–H groups in total. The van der Waals surface area contributed by atoms with Crippen molar-refractivity contribution in [3.63, 3.8) is 0 Å². The second kappa shape index (κ2) is 6.43. The van der Waals surface area contributed by atoms with Crippen molar-refractivity contribution in [3.8, 4) is 17.0 Å². The lowest BCUT2D eigenvalue weighted by Gasteiger charge is -2.44. The molecule has 0 aliphatic carbocycles. The number of hydrogen-bond donors (Lipinski definition) is 0. The quantitative estimate of drug-likeness (QED) is 0.670. The summed E-state index contributed by atoms with van der Waals surface area (Å²) in [6.07, 6.45) is 4.91. The van der Waals surface area contributed by atoms with Gasteiger partial charge in [-0.2, -0.15) is 5.10 Å². The van der Waals surface area contributed by atoms with Gasteiger partial charge in [-0.25, -0.2) is 4.98 Å². The smallest absolute Gasteiger partial charge is 0.293 e. The van der Waals surface area contributed by atoms with E-state index in [-0.39, 0.29) is 17.8 Å². The number of likely N-dealkylation sites (tertiary alicyclic amines) is 1. The molecule has 2 aliphatic heterocycles. The Morgan fingerprint density at radius 1 is 1.21 bits per heavy atom. The largest absolute Gasteiger partial charge is 0.482 e. The highest BCUT2D eigenvalue weighted by atomic mass is 16.5. The molecule has 0 radical (unpaired) electrons. The van der Waals surface area contributed by atoms with E-state index in [4.69, 9.17) is 4.74 Å². The van der Waals surface area contributed by atoms with E-state index in [1.807, 2.05) is 29.3 Å². The molecule has 0 bridgehead atoms. The molecule has 0 atom stereocenters. The molecular formula is C21H24N6O2. The molecule has 4 heterocycles. The van der Waals surface area contributed by atoms with Gasteiger partial charge in [-0.05, 0) is 26.0 Å². The molecule has 1 spiro atoms. The third-order valence-corrected chi connectivity index (χ3v) is 5.87. The highest BCUT2D eigenvalue weighted by molar-refractivity contribution is 5.90. The van der Waals surface area contributed by atoms with Crippen LogP contribution in [-0.2, 0) is 12.6 Å². The molecule has 1 fully saturated rings. The van der Waals surface area contributed by atoms with Gasteiger partial charge in [-0.15, -0.1) is 5.10 Å². The molecule has 5 rings (SSSR count). The number of para-hydroxylation sites is 1. The number of piperidine rings is 1. The summed E-state index contributed by atoms with van der Waals surface area (Å²) >= 11 is 0. The summed E-state index contributed by atoms with van der Waals surface area (Å²) in [5.74, 6) is 0.995. The first kappa shape index (κ1) is 17.9. The first-order chi connectivity index (χ1) is 14.0. The number of hydrogen-bond acceptors (Lipinski definition) is 5. The van der Waals surface area contributed by atoms with E-state index in [0.29, 0.717) is 25.9 Å². The molecule has 3 aromatic rings. The fourth-order valence-corrected chi connectivity index (χ4v) is 4.39. The lowest BCUT2D eigenvalue weighted by Crippen LogP contribution is -2.49. The Bertz CT molecular complexity index is 1070. The zero-order valence-electron chi connectivity index (χ0n) is 16.9. The van der Waals surface area contributed by atoms with E-state index in [1.165, 1.54) is 0 Å². The third kappa shape index (κ3) is 2.73. The van der Waals surface area contributed by atoms with Gasteiger partial charge in [-0.1, -0.05) is 12.1 Å². The van der Waals surface area contributed by atoms with E-state index < -0.39 is 5.60 Å². The monoisotopic (exact) mass is 392 g/mol. The Labute approximate surface area is 169 Å². The Morgan fingerprint density at radius 3 is 2.66 bits per heavy atom. The molecule has 29 heavy (non-hydrogen) atoms. The van der Waals surface area contributed by atoms with Crippen LogP contribution in [0.15, 0.2) is 36.8 Å². The zero-order chi connectivity index (χ0) is 20.2. The van der Waals surface area contributed by atoms with Crippen molar-refractivity contribution in [2.24, 2.45) is 7.05 Å². The standard InChI is InChI=1S/C21H24N6O2/c1-14(2)27-18-15-6-4-5-7-17(15)29-21(16(18)12-23-27)8-10-26(11-9-21)20(28)19-22-13-25(3)24-19/h4-7,12-14H,8-11H2,1-3H3. The number of rotatable bonds is 2. The number of aryl methyl sites for hydroxylation is 1. The Kier molecular flexibility index (Phi) is 3.97. The normalized spacial score (nSPS) is 17.2. The van der Waals surface area contributed by atoms with Crippen molar-refractivity contribution in [2.45, 2.75) is 38.3 Å². The van der Waals surface area contributed by atoms with Crippen LogP contribution in [-0.4, -0.2) is 48.4 Å². The van der Waals surface area contributed by atoms with E-state index in [2.05, 4.69) is 39.8 Å². The minimum absolute atomic E-state index is 0.130. The maximum atomic E-state index is 12.8. The van der Waals surface area contributed by atoms with Gasteiger partial charge in [0.1, 0.15) is 17.7 Å². The molecule has 2 aromatic heterocycles. The Balaban J connectivity index is 1.48. The lowest BCUT2D eigenvalue weighted by atomic mass is 9.81. The first-order valence-corrected chi connectivity index (χ1v) is 10.00. The SMILES string of the molecule is CC(C)n1ncc2c1-c1ccccc1OC21CCN(C(=O)c2ncn(C)n2)CC1. The molecule has 0 unspecified atom stereocenters. The number of ether oxygens (including phenoxy) is 1. The van der Waals surface area contributed by atoms with Crippen LogP contribution < -0.4 is 4.74 Å². The van der Waals surface area contributed by atoms with Gasteiger partial charge in [0.2, 0.25) is 5.82 Å². The summed E-state index contributed by atoms with van der Waals surface area (Å²) in [6, 6.07) is 8.39. The van der Waals surface area contributed by atoms with Gasteiger partial charge >= 0.3 is 0 Å². The van der Waals surface area contributed by atoms with E-state index in [9.17, 15) is 4.79 Å². The van der Waals surface area contributed by atoms with Crippen LogP contribution in [0, 0.1) is 0 Å². The van der Waals surface area contributed by atoms with Crippen molar-refractivity contribution in [3.05, 3.63) is 48.2 Å². The molecule has 0 saturated carbocycles. The summed E-state index contributed by atoms with van der Waals surface area (Å²) < 4.78 is 10.2. The number of carbonyl (C=O) groups excluding carboxylic acids is 1. The number of benzene rings is 1. The van der Waals surface area contributed by atoms with Gasteiger partial charge in [0.05, 0.1) is 11.9 Å². The predicted octanol–water partition coefficient (Wildman–Crippen LogP) is 2.78. The third-order valence-electron chi connectivity index (χ3n) is 5.87. The number of carbonyl (C=O) groups is 1. The van der Waals surface area contributed by atoms with Crippen LogP contribution in [0.4, 0.5) is 0 Å². The topological polar surface area (TPSA) is 78.1 Å². The molecule has 1 saturated heterocycles. The van der Waals surface area contributed by atoms with E-state index >= 15 is 0 Å². The molecule has 8 nitrogen and oxygen atoms in total. The van der Waals surface area contributed by atoms with Crippen LogP contribution in [0.25, 0.3) is 11.3 Å². The van der Waals surface area contributed by atoms with E-state index in [0.717, 1.165) is 22.6 Å². The second-order valence-electron chi connectivity index (χ2n) is 8.07. The lowest BCUT2D eigenvalue weighted by molar-refractivity contribution is -0.00213. The van der Waals surface area contributed by atoms with Crippen LogP contribution in [0.5, 0.6) is 5.75 Å². The second-order valence-corrected chi connectivity index (χ2v) is 8.07. The fourth-order valence-electron chi connectivity index (χ4n) is 4.39. The molecule has 150 valence electrons. The van der Waals surface area contributed by atoms with Crippen molar-refractivity contribution in [1.29, 1.82) is 0 Å². The van der Waals surface area contributed by atoms with Crippen LogP contribution in [0.3, 0.4) is 0 Å². The fraction of sp³-hybridized carbons (Fsp3) is 0.429. The van der Waals surface area contributed by atoms with Gasteiger partial charge < -0.3 is 9.64 Å². The van der Waals surface area contributed by atoms with Gasteiger partial charge in [-0.3, -0.25) is 14.2 Å². The highest BCUT2D eigenvalue weighted by Gasteiger charge is 2.46. The van der Waals surface area contributed by atoms with Crippen molar-refractivity contribution in [2.75, 3.05) is 13.1 Å². The summed E-state index contributed by atoms with van der Waals surface area (Å²) in [4.78, 5) is 18.7. The van der Waals surface area contributed by atoms with Crippen molar-refractivity contribution < 1.29 is 9.53 Å². The minimum atomic E-state index is -0.467. The van der Waals surface area contributed by atoms with Gasteiger partial charge in [0, 0.05) is 50.1 Å². The maximum absolute atomic E-state index is 12.8. The predicted molar refractivity (Wildman–Crippen MR) is 106 cm³/mol. The molecule has 8 heteroatoms. The van der Waals surface area contributed by atoms with Crippen LogP contribution >= 0.6 is 0 Å². The summed E-state index contributed by atoms with van der Waals surface area (Å²) in [7, 11) is 1.76. The molecular weight excluding hydrogens is 368 g/mol. The van der Waals surface area contributed by atoms with Gasteiger partial charge in [0.25, 0.3) is 5.91 Å². The Hall–Kier alpha value is -3.16. The number of fused-ring (bicyclic) bond motifs is 4. The summed E-state index contributed by atoms with van der Waals surface area (Å²) in [5, 5.41) is 8.83. The van der Waals surface area contributed by atoms with Crippen LogP contribution in [0.2, 0.25) is 0 Å². The number of aromatic nitrogens is 5. The highest BCUT2D eigenvalue weighted by Crippen LogP contribution is 2.50. The molecule has 1 aromatic carbocycles. The zero-order valence-corrected chi connectivity index (χ0v) is 16.9. The van der Waals surface area contributed by atoms with Crippen LogP contribution in [0.1, 0.15) is 48.9 Å². The minimum Gasteiger partial charge on any atom is -0.482 e. The number of nitrogens with zero attached hydrogens (tertiary/aromatic N) is 6. The molecule has 2 aliphatic rings. The summed E-state index contributed by atoms with van der Waals surface area (Å²) in [5.41, 5.74) is 2.86. The van der Waals surface area contributed by atoms with Crippen molar-refractivity contribution >= 4 is 5.91 Å². The van der Waals surface area contributed by atoms with Crippen molar-refractivity contribution in [1.82, 2.24) is 29.4 Å². The first-order valence-electron chi connectivity index (χ1n) is 10.00. The average Bonchev–Trinajstić information content (AvgIpc) is 3.36. The number of amides is 1. The Morgan fingerprint density at radius 2 is 1.97 bits per heavy atom. The van der Waals surface area contributed by atoms with Gasteiger partial charge in [0.15, 0.2) is 0 Å². The van der Waals surface area contributed by atoms with E-state index in [1.54, 1.807) is 18.1 Å². The molecule has 1 amide bonds. The maximum Gasteiger partial charge on any atom is 0.293 e.